The van der Waals surface area contributed by atoms with Crippen molar-refractivity contribution >= 4 is 6.21 Å². The number of nitrogens with one attached hydrogen (secondary N) is 1. The third-order valence-electron chi connectivity index (χ3n) is 4.99. The van der Waals surface area contributed by atoms with Crippen LogP contribution in [0.15, 0.2) is 63.8 Å². The van der Waals surface area contributed by atoms with Crippen LogP contribution in [0.25, 0.3) is 5.69 Å². The molecule has 7 heteroatoms. The Labute approximate surface area is 168 Å². The van der Waals surface area contributed by atoms with Crippen LogP contribution in [-0.4, -0.2) is 53.7 Å². The van der Waals surface area contributed by atoms with Crippen LogP contribution in [0, 0.1) is 12.3 Å². The molecular weight excluding hydrogens is 371 g/mol. The standard InChI is InChI=1S/C22H21FN4O2/c1-2-16-8-9-20(26-10-12-29-13-11-26)19(23)15-24-14-18-21(16)25-27(22(18)28)17-6-4-3-5-7-17/h1,3-9,14,16,25H,10-13,15H2/b9-8-,20-19-,24-14?. The molecule has 0 radical (unpaired) electrons. The van der Waals surface area contributed by atoms with Gasteiger partial charge in [-0.05, 0) is 18.2 Å². The molecule has 29 heavy (non-hydrogen) atoms. The van der Waals surface area contributed by atoms with Gasteiger partial charge in [-0.25, -0.2) is 9.07 Å². The second-order valence-electron chi connectivity index (χ2n) is 6.78. The van der Waals surface area contributed by atoms with Crippen molar-refractivity contribution < 1.29 is 9.13 Å². The molecule has 0 spiro atoms. The molecule has 0 saturated carbocycles. The van der Waals surface area contributed by atoms with Crippen LogP contribution in [0.4, 0.5) is 4.39 Å². The molecule has 0 bridgehead atoms. The Kier molecular flexibility index (Phi) is 5.45. The van der Waals surface area contributed by atoms with Gasteiger partial charge in [-0.1, -0.05) is 30.2 Å². The van der Waals surface area contributed by atoms with E-state index in [2.05, 4.69) is 16.0 Å². The molecule has 0 aliphatic carbocycles. The zero-order valence-electron chi connectivity index (χ0n) is 15.8. The van der Waals surface area contributed by atoms with Crippen molar-refractivity contribution in [3.63, 3.8) is 0 Å². The van der Waals surface area contributed by atoms with Gasteiger partial charge in [0.1, 0.15) is 5.83 Å². The minimum Gasteiger partial charge on any atom is -0.378 e. The number of aromatic amines is 1. The number of aromatic nitrogens is 2. The Hall–Kier alpha value is -3.37. The molecule has 1 N–H and O–H groups in total. The molecule has 2 aliphatic rings. The number of para-hydroxylation sites is 1. The van der Waals surface area contributed by atoms with Crippen LogP contribution in [0.5, 0.6) is 0 Å². The highest BCUT2D eigenvalue weighted by atomic mass is 19.1. The van der Waals surface area contributed by atoms with Crippen LogP contribution in [0.3, 0.4) is 0 Å². The van der Waals surface area contributed by atoms with Gasteiger partial charge < -0.3 is 9.64 Å². The van der Waals surface area contributed by atoms with Gasteiger partial charge in [-0.15, -0.1) is 6.42 Å². The number of aliphatic imine (C=N–C) groups is 1. The Morgan fingerprint density at radius 3 is 2.72 bits per heavy atom. The predicted octanol–water partition coefficient (Wildman–Crippen LogP) is 2.38. The maximum atomic E-state index is 14.9. The van der Waals surface area contributed by atoms with Crippen molar-refractivity contribution in [2.24, 2.45) is 4.99 Å². The van der Waals surface area contributed by atoms with Gasteiger partial charge in [0, 0.05) is 19.3 Å². The summed E-state index contributed by atoms with van der Waals surface area (Å²) in [7, 11) is 0. The number of terminal acetylenes is 1. The fourth-order valence-electron chi connectivity index (χ4n) is 3.48. The fraction of sp³-hybridized carbons (Fsp3) is 0.273. The van der Waals surface area contributed by atoms with Gasteiger partial charge in [0.15, 0.2) is 0 Å². The summed E-state index contributed by atoms with van der Waals surface area (Å²) in [6.07, 6.45) is 10.6. The van der Waals surface area contributed by atoms with Crippen molar-refractivity contribution in [2.45, 2.75) is 5.92 Å². The van der Waals surface area contributed by atoms with Gasteiger partial charge in [0.25, 0.3) is 5.56 Å². The van der Waals surface area contributed by atoms with Gasteiger partial charge in [0.05, 0.1) is 48.3 Å². The number of H-pyrrole nitrogens is 1. The van der Waals surface area contributed by atoms with Crippen molar-refractivity contribution in [1.29, 1.82) is 0 Å². The Balaban J connectivity index is 1.78. The molecule has 4 rings (SSSR count). The number of nitrogens with zero attached hydrogens (tertiary/aromatic N) is 3. The number of benzene rings is 1. The molecule has 1 atom stereocenters. The normalized spacial score (nSPS) is 23.3. The summed E-state index contributed by atoms with van der Waals surface area (Å²) < 4.78 is 21.6. The topological polar surface area (TPSA) is 62.6 Å². The first-order valence-electron chi connectivity index (χ1n) is 9.45. The van der Waals surface area contributed by atoms with E-state index in [4.69, 9.17) is 11.2 Å². The maximum Gasteiger partial charge on any atom is 0.280 e. The summed E-state index contributed by atoms with van der Waals surface area (Å²) in [5.41, 5.74) is 1.77. The summed E-state index contributed by atoms with van der Waals surface area (Å²) >= 11 is 0. The van der Waals surface area contributed by atoms with Crippen molar-refractivity contribution in [3.05, 3.63) is 75.6 Å². The third kappa shape index (κ3) is 3.80. The molecule has 2 aromatic rings. The van der Waals surface area contributed by atoms with E-state index >= 15 is 0 Å². The molecule has 1 aromatic carbocycles. The number of morpholine rings is 1. The van der Waals surface area contributed by atoms with Gasteiger partial charge in [-0.2, -0.15) is 0 Å². The van der Waals surface area contributed by atoms with E-state index in [1.165, 1.54) is 10.9 Å². The molecule has 1 aromatic heterocycles. The molecule has 148 valence electrons. The van der Waals surface area contributed by atoms with E-state index in [0.29, 0.717) is 48.9 Å². The maximum absolute atomic E-state index is 14.9. The number of hydrogen-bond acceptors (Lipinski definition) is 4. The highest BCUT2D eigenvalue weighted by Gasteiger charge is 2.22. The summed E-state index contributed by atoms with van der Waals surface area (Å²) in [6, 6.07) is 9.20. The molecule has 3 heterocycles. The smallest absolute Gasteiger partial charge is 0.280 e. The van der Waals surface area contributed by atoms with Gasteiger partial charge in [-0.3, -0.25) is 14.9 Å². The highest BCUT2D eigenvalue weighted by molar-refractivity contribution is 5.82. The number of halogens is 1. The summed E-state index contributed by atoms with van der Waals surface area (Å²) in [5.74, 6) is 1.79. The Bertz CT molecular complexity index is 1070. The lowest BCUT2D eigenvalue weighted by atomic mass is 10.0. The van der Waals surface area contributed by atoms with Crippen LogP contribution < -0.4 is 5.56 Å². The summed E-state index contributed by atoms with van der Waals surface area (Å²) in [6.45, 7) is 2.15. The summed E-state index contributed by atoms with van der Waals surface area (Å²) in [5, 5.41) is 3.12. The highest BCUT2D eigenvalue weighted by Crippen LogP contribution is 2.23. The average molecular weight is 392 g/mol. The first-order chi connectivity index (χ1) is 14.2. The first kappa shape index (κ1) is 19.0. The van der Waals surface area contributed by atoms with E-state index in [0.717, 1.165) is 0 Å². The average Bonchev–Trinajstić information content (AvgIpc) is 3.09. The van der Waals surface area contributed by atoms with Crippen molar-refractivity contribution in [2.75, 3.05) is 32.8 Å². The SMILES string of the molecule is C#CC1/C=C\C(N2CCOCC2)=C(\F)CN=Cc2c1[nH]n(-c1ccccc1)c2=O. The monoisotopic (exact) mass is 392 g/mol. The largest absolute Gasteiger partial charge is 0.378 e. The van der Waals surface area contributed by atoms with Crippen LogP contribution in [-0.2, 0) is 4.74 Å². The number of rotatable bonds is 2. The van der Waals surface area contributed by atoms with Crippen LogP contribution in [0.1, 0.15) is 17.2 Å². The van der Waals surface area contributed by atoms with E-state index in [-0.39, 0.29) is 17.9 Å². The van der Waals surface area contributed by atoms with E-state index in [1.54, 1.807) is 12.2 Å². The van der Waals surface area contributed by atoms with E-state index in [9.17, 15) is 9.18 Å². The zero-order valence-corrected chi connectivity index (χ0v) is 15.8. The Morgan fingerprint density at radius 2 is 2.00 bits per heavy atom. The predicted molar refractivity (Wildman–Crippen MR) is 110 cm³/mol. The molecule has 2 aliphatic heterocycles. The quantitative estimate of drug-likeness (QED) is 0.799. The first-order valence-corrected chi connectivity index (χ1v) is 9.45. The van der Waals surface area contributed by atoms with E-state index < -0.39 is 5.92 Å². The minimum atomic E-state index is -0.531. The van der Waals surface area contributed by atoms with Crippen molar-refractivity contribution in [1.82, 2.24) is 14.7 Å². The number of ether oxygens (including phenoxy) is 1. The Morgan fingerprint density at radius 1 is 1.24 bits per heavy atom. The molecule has 1 saturated heterocycles. The van der Waals surface area contributed by atoms with Gasteiger partial charge >= 0.3 is 0 Å². The van der Waals surface area contributed by atoms with Crippen molar-refractivity contribution in [3.8, 4) is 18.0 Å². The number of hydrogen-bond donors (Lipinski definition) is 1. The molecule has 1 unspecified atom stereocenters. The van der Waals surface area contributed by atoms with Gasteiger partial charge in [0.2, 0.25) is 0 Å². The van der Waals surface area contributed by atoms with Crippen LogP contribution in [0.2, 0.25) is 0 Å². The summed E-state index contributed by atoms with van der Waals surface area (Å²) in [4.78, 5) is 19.1. The minimum absolute atomic E-state index is 0.146. The third-order valence-corrected chi connectivity index (χ3v) is 4.99. The fourth-order valence-corrected chi connectivity index (χ4v) is 3.48. The molecule has 6 nitrogen and oxygen atoms in total. The van der Waals surface area contributed by atoms with Crippen LogP contribution >= 0.6 is 0 Å². The zero-order chi connectivity index (χ0) is 20.2. The van der Waals surface area contributed by atoms with E-state index in [1.807, 2.05) is 35.2 Å². The molecule has 0 amide bonds. The number of allylic oxidation sites excluding steroid dienone is 2. The molecular formula is C22H21FN4O2. The second kappa shape index (κ2) is 8.33. The lowest BCUT2D eigenvalue weighted by molar-refractivity contribution is 0.0541. The second-order valence-corrected chi connectivity index (χ2v) is 6.78. The lowest BCUT2D eigenvalue weighted by Gasteiger charge is -2.30. The molecule has 1 fully saturated rings. The lowest BCUT2D eigenvalue weighted by Crippen LogP contribution is -2.35. The number of fused-ring (bicyclic) bond motifs is 1.